The van der Waals surface area contributed by atoms with Crippen LogP contribution in [-0.2, 0) is 17.9 Å². The number of hydrogen-bond donors (Lipinski definition) is 1. The fraction of sp³-hybridized carbons (Fsp3) is 0.692. The SMILES string of the molecule is CC[C@]1(O)CN2[C@H]3C[C@@H]1[C@@H](CO[Si](C)(C)C(C)(C)C)[C@@H]2Cc1c3n(C)c2ccccc12. The lowest BCUT2D eigenvalue weighted by molar-refractivity contribution is -0.199. The van der Waals surface area contributed by atoms with E-state index >= 15 is 0 Å². The molecule has 5 heterocycles. The lowest BCUT2D eigenvalue weighted by Gasteiger charge is -2.63. The van der Waals surface area contributed by atoms with Gasteiger partial charge in [0.2, 0.25) is 0 Å². The van der Waals surface area contributed by atoms with Crippen molar-refractivity contribution in [2.45, 2.75) is 82.8 Å². The van der Waals surface area contributed by atoms with Crippen molar-refractivity contribution in [2.24, 2.45) is 18.9 Å². The molecule has 0 spiro atoms. The Bertz CT molecular complexity index is 1010. The zero-order valence-electron chi connectivity index (χ0n) is 20.4. The molecule has 2 aromatic rings. The molecule has 4 aliphatic rings. The molecule has 6 atom stereocenters. The van der Waals surface area contributed by atoms with Crippen molar-refractivity contribution in [1.29, 1.82) is 0 Å². The van der Waals surface area contributed by atoms with Gasteiger partial charge in [-0.2, -0.15) is 0 Å². The molecule has 1 aromatic carbocycles. The van der Waals surface area contributed by atoms with Gasteiger partial charge in [0.1, 0.15) is 0 Å². The van der Waals surface area contributed by atoms with Crippen LogP contribution in [0.1, 0.15) is 57.8 Å². The van der Waals surface area contributed by atoms with Crippen molar-refractivity contribution in [2.75, 3.05) is 13.2 Å². The van der Waals surface area contributed by atoms with E-state index in [1.807, 2.05) is 0 Å². The van der Waals surface area contributed by atoms with Crippen molar-refractivity contribution >= 4 is 19.2 Å². The van der Waals surface area contributed by atoms with Crippen LogP contribution in [0, 0.1) is 11.8 Å². The molecule has 4 nitrogen and oxygen atoms in total. The Morgan fingerprint density at radius 2 is 1.94 bits per heavy atom. The number of aryl methyl sites for hydroxylation is 1. The highest BCUT2D eigenvalue weighted by molar-refractivity contribution is 6.74. The summed E-state index contributed by atoms with van der Waals surface area (Å²) >= 11 is 0. The molecule has 1 N–H and O–H groups in total. The Hall–Kier alpha value is -1.14. The lowest BCUT2D eigenvalue weighted by atomic mass is 9.59. The van der Waals surface area contributed by atoms with E-state index in [0.717, 1.165) is 32.4 Å². The van der Waals surface area contributed by atoms with Crippen molar-refractivity contribution in [1.82, 2.24) is 9.47 Å². The molecule has 170 valence electrons. The van der Waals surface area contributed by atoms with Crippen LogP contribution in [-0.4, -0.2) is 47.7 Å². The lowest BCUT2D eigenvalue weighted by Crippen LogP contribution is -2.70. The molecule has 1 aromatic heterocycles. The molecule has 3 saturated heterocycles. The molecule has 6 rings (SSSR count). The van der Waals surface area contributed by atoms with Crippen LogP contribution in [0.4, 0.5) is 0 Å². The number of nitrogens with zero attached hydrogens (tertiary/aromatic N) is 2. The maximum atomic E-state index is 11.6. The average molecular weight is 441 g/mol. The molecule has 0 radical (unpaired) electrons. The van der Waals surface area contributed by atoms with Crippen LogP contribution >= 0.6 is 0 Å². The monoisotopic (exact) mass is 440 g/mol. The zero-order chi connectivity index (χ0) is 22.3. The van der Waals surface area contributed by atoms with Crippen molar-refractivity contribution in [3.8, 4) is 0 Å². The number of piperidine rings is 3. The first-order valence-corrected chi connectivity index (χ1v) is 15.1. The van der Waals surface area contributed by atoms with Gasteiger partial charge in [0, 0.05) is 48.8 Å². The normalized spacial score (nSPS) is 34.9. The third kappa shape index (κ3) is 3.03. The highest BCUT2D eigenvalue weighted by Gasteiger charge is 2.60. The van der Waals surface area contributed by atoms with Gasteiger partial charge in [-0.3, -0.25) is 4.90 Å². The fourth-order valence-electron chi connectivity index (χ4n) is 6.57. The predicted molar refractivity (Wildman–Crippen MR) is 130 cm³/mol. The Morgan fingerprint density at radius 1 is 1.23 bits per heavy atom. The summed E-state index contributed by atoms with van der Waals surface area (Å²) in [4.78, 5) is 2.66. The maximum Gasteiger partial charge on any atom is 0.191 e. The van der Waals surface area contributed by atoms with Gasteiger partial charge in [-0.15, -0.1) is 0 Å². The second kappa shape index (κ2) is 6.93. The van der Waals surface area contributed by atoms with E-state index < -0.39 is 13.9 Å². The molecule has 4 aliphatic heterocycles. The first kappa shape index (κ1) is 21.7. The number of benzene rings is 1. The summed E-state index contributed by atoms with van der Waals surface area (Å²) in [7, 11) is 0.401. The maximum absolute atomic E-state index is 11.6. The minimum absolute atomic E-state index is 0.208. The Balaban J connectivity index is 1.54. The molecular weight excluding hydrogens is 400 g/mol. The summed E-state index contributed by atoms with van der Waals surface area (Å²) in [6.45, 7) is 15.4. The largest absolute Gasteiger partial charge is 0.416 e. The summed E-state index contributed by atoms with van der Waals surface area (Å²) in [5.74, 6) is 0.713. The topological polar surface area (TPSA) is 37.6 Å². The molecule has 1 unspecified atom stereocenters. The molecular formula is C26H40N2O2Si. The number of fused-ring (bicyclic) bond motifs is 4. The minimum Gasteiger partial charge on any atom is -0.416 e. The Morgan fingerprint density at radius 3 is 2.61 bits per heavy atom. The quantitative estimate of drug-likeness (QED) is 0.659. The average Bonchev–Trinajstić information content (AvgIpc) is 2.99. The predicted octanol–water partition coefficient (Wildman–Crippen LogP) is 5.26. The molecule has 31 heavy (non-hydrogen) atoms. The van der Waals surface area contributed by atoms with E-state index in [1.54, 1.807) is 5.56 Å². The van der Waals surface area contributed by atoms with Gasteiger partial charge in [0.05, 0.1) is 11.6 Å². The number of rotatable bonds is 4. The van der Waals surface area contributed by atoms with Crippen LogP contribution in [0.2, 0.25) is 18.1 Å². The van der Waals surface area contributed by atoms with Crippen LogP contribution in [0.15, 0.2) is 24.3 Å². The van der Waals surface area contributed by atoms with Gasteiger partial charge in [-0.25, -0.2) is 0 Å². The van der Waals surface area contributed by atoms with E-state index in [2.05, 4.69) is 81.6 Å². The molecule has 0 aliphatic carbocycles. The third-order valence-corrected chi connectivity index (χ3v) is 14.0. The van der Waals surface area contributed by atoms with E-state index in [4.69, 9.17) is 4.43 Å². The second-order valence-corrected chi connectivity index (χ2v) is 16.7. The first-order chi connectivity index (χ1) is 14.5. The van der Waals surface area contributed by atoms with Crippen LogP contribution in [0.5, 0.6) is 0 Å². The van der Waals surface area contributed by atoms with Gasteiger partial charge in [-0.05, 0) is 54.9 Å². The van der Waals surface area contributed by atoms with E-state index in [1.165, 1.54) is 16.6 Å². The first-order valence-electron chi connectivity index (χ1n) is 12.2. The van der Waals surface area contributed by atoms with E-state index in [-0.39, 0.29) is 5.04 Å². The standard InChI is InChI=1S/C26H40N2O2Si/c1-8-26(29)16-28-22-13-18-17-11-9-10-12-21(17)27(5)24(18)23(28)14-20(26)19(22)15-30-31(6,7)25(2,3)4/h9-12,19-20,22-23,29H,8,13-16H2,1-7H3/t19-,20-,22+,23+,26+/m1/s1. The number of aliphatic hydroxyl groups is 1. The van der Waals surface area contributed by atoms with Crippen molar-refractivity contribution in [3.05, 3.63) is 35.5 Å². The van der Waals surface area contributed by atoms with Gasteiger partial charge in [-0.1, -0.05) is 45.9 Å². The highest BCUT2D eigenvalue weighted by atomic mass is 28.4. The highest BCUT2D eigenvalue weighted by Crippen LogP contribution is 2.57. The molecule has 3 fully saturated rings. The third-order valence-electron chi connectivity index (χ3n) is 9.51. The summed E-state index contributed by atoms with van der Waals surface area (Å²) in [5.41, 5.74) is 3.79. The minimum atomic E-state index is -1.83. The van der Waals surface area contributed by atoms with Gasteiger partial charge >= 0.3 is 0 Å². The Kier molecular flexibility index (Phi) is 4.85. The number of aromatic nitrogens is 1. The van der Waals surface area contributed by atoms with Gasteiger partial charge in [0.15, 0.2) is 8.32 Å². The van der Waals surface area contributed by atoms with Crippen molar-refractivity contribution < 1.29 is 9.53 Å². The van der Waals surface area contributed by atoms with Crippen LogP contribution in [0.25, 0.3) is 10.9 Å². The van der Waals surface area contributed by atoms with E-state index in [0.29, 0.717) is 23.9 Å². The zero-order valence-corrected chi connectivity index (χ0v) is 21.4. The van der Waals surface area contributed by atoms with Crippen LogP contribution < -0.4 is 0 Å². The van der Waals surface area contributed by atoms with Crippen molar-refractivity contribution in [3.63, 3.8) is 0 Å². The second-order valence-electron chi connectivity index (χ2n) is 11.9. The fourth-order valence-corrected chi connectivity index (χ4v) is 7.62. The summed E-state index contributed by atoms with van der Waals surface area (Å²) in [5, 5.41) is 13.3. The smallest absolute Gasteiger partial charge is 0.191 e. The molecule has 0 amide bonds. The molecule has 4 bridgehead atoms. The number of para-hydroxylation sites is 1. The molecule has 5 heteroatoms. The number of hydrogen-bond acceptors (Lipinski definition) is 3. The van der Waals surface area contributed by atoms with Gasteiger partial charge in [0.25, 0.3) is 0 Å². The summed E-state index contributed by atoms with van der Waals surface area (Å²) < 4.78 is 9.22. The van der Waals surface area contributed by atoms with Crippen LogP contribution in [0.3, 0.4) is 0 Å². The summed E-state index contributed by atoms with van der Waals surface area (Å²) in [6.07, 6.45) is 2.95. The van der Waals surface area contributed by atoms with E-state index in [9.17, 15) is 5.11 Å². The summed E-state index contributed by atoms with van der Waals surface area (Å²) in [6, 6.07) is 9.77. The van der Waals surface area contributed by atoms with Gasteiger partial charge < -0.3 is 14.1 Å². The Labute approximate surface area is 188 Å². The molecule has 0 saturated carbocycles.